The fraction of sp³-hybridized carbons (Fsp3) is 0.167. The van der Waals surface area contributed by atoms with E-state index in [0.29, 0.717) is 21.9 Å². The van der Waals surface area contributed by atoms with Crippen LogP contribution in [0.3, 0.4) is 0 Å². The highest BCUT2D eigenvalue weighted by Crippen LogP contribution is 2.31. The number of aromatic nitrogens is 1. The van der Waals surface area contributed by atoms with Crippen molar-refractivity contribution in [2.45, 2.75) is 24.3 Å². The van der Waals surface area contributed by atoms with Gasteiger partial charge in [-0.25, -0.2) is 17.8 Å². The second kappa shape index (κ2) is 9.58. The number of carbonyl (C=O) groups is 1. The molecule has 1 aromatic heterocycles. The van der Waals surface area contributed by atoms with Crippen molar-refractivity contribution in [2.24, 2.45) is 0 Å². The van der Waals surface area contributed by atoms with Crippen molar-refractivity contribution in [3.05, 3.63) is 90.2 Å². The lowest BCUT2D eigenvalue weighted by Gasteiger charge is -2.20. The Kier molecular flexibility index (Phi) is 6.62. The highest BCUT2D eigenvalue weighted by atomic mass is 32.2. The maximum atomic E-state index is 13.6. The van der Waals surface area contributed by atoms with E-state index in [9.17, 15) is 17.6 Å². The van der Waals surface area contributed by atoms with Crippen molar-refractivity contribution in [3.8, 4) is 0 Å². The van der Waals surface area contributed by atoms with Crippen LogP contribution in [0.1, 0.15) is 18.4 Å². The summed E-state index contributed by atoms with van der Waals surface area (Å²) in [5.41, 5.74) is 1.53. The number of thiazole rings is 1. The molecule has 0 saturated carbocycles. The van der Waals surface area contributed by atoms with Crippen LogP contribution in [0.4, 0.5) is 9.52 Å². The molecule has 3 aromatic carbocycles. The molecule has 164 valence electrons. The van der Waals surface area contributed by atoms with Gasteiger partial charge in [-0.1, -0.05) is 59.9 Å². The van der Waals surface area contributed by atoms with Crippen LogP contribution in [0, 0.1) is 5.82 Å². The average Bonchev–Trinajstić information content (AvgIpc) is 3.21. The van der Waals surface area contributed by atoms with Crippen molar-refractivity contribution >= 4 is 42.4 Å². The SMILES string of the molecule is O=C(CCCS(=O)(=O)c1ccccc1)N(Cc1ccccc1)c1nc2ccc(F)cc2s1. The number of hydrogen-bond acceptors (Lipinski definition) is 5. The zero-order valence-electron chi connectivity index (χ0n) is 17.1. The predicted molar refractivity (Wildman–Crippen MR) is 125 cm³/mol. The highest BCUT2D eigenvalue weighted by Gasteiger charge is 2.22. The lowest BCUT2D eigenvalue weighted by atomic mass is 10.2. The first-order valence-corrected chi connectivity index (χ1v) is 12.6. The number of amides is 1. The van der Waals surface area contributed by atoms with Gasteiger partial charge < -0.3 is 0 Å². The molecular weight excluding hydrogens is 447 g/mol. The number of rotatable bonds is 8. The molecule has 0 bridgehead atoms. The van der Waals surface area contributed by atoms with Crippen LogP contribution in [-0.4, -0.2) is 25.1 Å². The van der Waals surface area contributed by atoms with E-state index in [1.807, 2.05) is 30.3 Å². The lowest BCUT2D eigenvalue weighted by Crippen LogP contribution is -2.30. The molecule has 5 nitrogen and oxygen atoms in total. The number of benzene rings is 3. The van der Waals surface area contributed by atoms with Crippen LogP contribution in [0.25, 0.3) is 10.2 Å². The van der Waals surface area contributed by atoms with Crippen molar-refractivity contribution < 1.29 is 17.6 Å². The molecule has 4 rings (SSSR count). The third kappa shape index (κ3) is 5.20. The summed E-state index contributed by atoms with van der Waals surface area (Å²) in [5, 5.41) is 0.463. The first kappa shape index (κ1) is 22.1. The van der Waals surface area contributed by atoms with E-state index in [1.165, 1.54) is 23.5 Å². The fourth-order valence-electron chi connectivity index (χ4n) is 3.32. The topological polar surface area (TPSA) is 67.3 Å². The number of carbonyl (C=O) groups excluding carboxylic acids is 1. The number of anilines is 1. The summed E-state index contributed by atoms with van der Waals surface area (Å²) in [4.78, 5) is 19.5. The second-order valence-corrected chi connectivity index (χ2v) is 10.4. The molecule has 0 aliphatic rings. The maximum absolute atomic E-state index is 13.6. The monoisotopic (exact) mass is 468 g/mol. The Balaban J connectivity index is 1.53. The van der Waals surface area contributed by atoms with Crippen LogP contribution < -0.4 is 4.90 Å². The molecule has 1 heterocycles. The Morgan fingerprint density at radius 1 is 0.969 bits per heavy atom. The average molecular weight is 469 g/mol. The van der Waals surface area contributed by atoms with Crippen molar-refractivity contribution in [3.63, 3.8) is 0 Å². The summed E-state index contributed by atoms with van der Waals surface area (Å²) in [5.74, 6) is -0.705. The Labute approximate surface area is 190 Å². The molecular formula is C24H21FN2O3S2. The smallest absolute Gasteiger partial charge is 0.229 e. The van der Waals surface area contributed by atoms with Crippen LogP contribution in [-0.2, 0) is 21.2 Å². The van der Waals surface area contributed by atoms with E-state index in [2.05, 4.69) is 4.98 Å². The standard InChI is InChI=1S/C24H21FN2O3S2/c25-19-13-14-21-22(16-19)31-24(26-21)27(17-18-8-3-1-4-9-18)23(28)12-7-15-32(29,30)20-10-5-2-6-11-20/h1-6,8-11,13-14,16H,7,12,15,17H2. The van der Waals surface area contributed by atoms with Gasteiger partial charge in [0.2, 0.25) is 5.91 Å². The van der Waals surface area contributed by atoms with E-state index in [1.54, 1.807) is 41.3 Å². The minimum Gasteiger partial charge on any atom is -0.284 e. The van der Waals surface area contributed by atoms with Crippen molar-refractivity contribution in [1.29, 1.82) is 0 Å². The predicted octanol–water partition coefficient (Wildman–Crippen LogP) is 5.22. The van der Waals surface area contributed by atoms with Crippen LogP contribution in [0.15, 0.2) is 83.8 Å². The Hall–Kier alpha value is -3.10. The molecule has 0 fully saturated rings. The normalized spacial score (nSPS) is 11.5. The molecule has 0 saturated heterocycles. The molecule has 0 aliphatic heterocycles. The molecule has 0 atom stereocenters. The number of sulfone groups is 1. The number of hydrogen-bond donors (Lipinski definition) is 0. The summed E-state index contributed by atoms with van der Waals surface area (Å²) in [6.07, 6.45) is 0.254. The Morgan fingerprint density at radius 3 is 2.38 bits per heavy atom. The molecule has 0 spiro atoms. The van der Waals surface area contributed by atoms with Crippen LogP contribution in [0.5, 0.6) is 0 Å². The van der Waals surface area contributed by atoms with Gasteiger partial charge in [-0.05, 0) is 42.3 Å². The molecule has 0 unspecified atom stereocenters. The second-order valence-electron chi connectivity index (χ2n) is 7.31. The Bertz CT molecular complexity index is 1320. The molecule has 8 heteroatoms. The lowest BCUT2D eigenvalue weighted by molar-refractivity contribution is -0.118. The van der Waals surface area contributed by atoms with E-state index in [0.717, 1.165) is 5.56 Å². The number of fused-ring (bicyclic) bond motifs is 1. The molecule has 0 N–H and O–H groups in total. The van der Waals surface area contributed by atoms with Gasteiger partial charge in [0.25, 0.3) is 0 Å². The third-order valence-electron chi connectivity index (χ3n) is 4.96. The zero-order chi connectivity index (χ0) is 22.6. The van der Waals surface area contributed by atoms with Gasteiger partial charge >= 0.3 is 0 Å². The highest BCUT2D eigenvalue weighted by molar-refractivity contribution is 7.91. The quantitative estimate of drug-likeness (QED) is 0.355. The van der Waals surface area contributed by atoms with Crippen molar-refractivity contribution in [1.82, 2.24) is 4.98 Å². The molecule has 32 heavy (non-hydrogen) atoms. The molecule has 0 radical (unpaired) electrons. The van der Waals surface area contributed by atoms with E-state index in [4.69, 9.17) is 0 Å². The molecule has 0 aliphatic carbocycles. The summed E-state index contributed by atoms with van der Waals surface area (Å²) in [7, 11) is -3.46. The van der Waals surface area contributed by atoms with Crippen molar-refractivity contribution in [2.75, 3.05) is 10.7 Å². The number of nitrogens with zero attached hydrogens (tertiary/aromatic N) is 2. The van der Waals surface area contributed by atoms with Crippen LogP contribution in [0.2, 0.25) is 0 Å². The largest absolute Gasteiger partial charge is 0.284 e. The van der Waals surface area contributed by atoms with E-state index < -0.39 is 9.84 Å². The Morgan fingerprint density at radius 2 is 1.66 bits per heavy atom. The molecule has 1 amide bonds. The van der Waals surface area contributed by atoms with Crippen LogP contribution >= 0.6 is 11.3 Å². The van der Waals surface area contributed by atoms with E-state index in [-0.39, 0.29) is 35.2 Å². The first-order chi connectivity index (χ1) is 15.4. The fourth-order valence-corrected chi connectivity index (χ4v) is 5.66. The van der Waals surface area contributed by atoms with Gasteiger partial charge in [-0.3, -0.25) is 9.69 Å². The summed E-state index contributed by atoms with van der Waals surface area (Å²) in [6, 6.07) is 22.0. The summed E-state index contributed by atoms with van der Waals surface area (Å²) >= 11 is 1.24. The first-order valence-electron chi connectivity index (χ1n) is 10.1. The third-order valence-corrected chi connectivity index (χ3v) is 7.82. The van der Waals surface area contributed by atoms with Gasteiger partial charge in [0.15, 0.2) is 15.0 Å². The van der Waals surface area contributed by atoms with Gasteiger partial charge in [0.05, 0.1) is 27.4 Å². The van der Waals surface area contributed by atoms with Gasteiger partial charge in [-0.2, -0.15) is 0 Å². The maximum Gasteiger partial charge on any atom is 0.229 e. The number of halogens is 1. The van der Waals surface area contributed by atoms with E-state index >= 15 is 0 Å². The summed E-state index contributed by atoms with van der Waals surface area (Å²) in [6.45, 7) is 0.299. The minimum atomic E-state index is -3.46. The summed E-state index contributed by atoms with van der Waals surface area (Å²) < 4.78 is 39.3. The minimum absolute atomic E-state index is 0.0587. The zero-order valence-corrected chi connectivity index (χ0v) is 18.8. The van der Waals surface area contributed by atoms with Gasteiger partial charge in [0.1, 0.15) is 5.82 Å². The molecule has 4 aromatic rings. The van der Waals surface area contributed by atoms with Gasteiger partial charge in [-0.15, -0.1) is 0 Å². The van der Waals surface area contributed by atoms with Gasteiger partial charge in [0, 0.05) is 6.42 Å².